The van der Waals surface area contributed by atoms with Gasteiger partial charge in [0.25, 0.3) is 5.91 Å². The fraction of sp³-hybridized carbons (Fsp3) is 0.278. The molecule has 2 heterocycles. The van der Waals surface area contributed by atoms with E-state index in [1.54, 1.807) is 31.5 Å². The first kappa shape index (κ1) is 15.2. The molecule has 0 bridgehead atoms. The second-order valence-electron chi connectivity index (χ2n) is 5.94. The van der Waals surface area contributed by atoms with Gasteiger partial charge in [0, 0.05) is 18.8 Å². The van der Waals surface area contributed by atoms with Gasteiger partial charge in [-0.05, 0) is 37.1 Å². The molecule has 0 saturated heterocycles. The van der Waals surface area contributed by atoms with Crippen LogP contribution in [0.1, 0.15) is 41.4 Å². The number of hydrogen-bond acceptors (Lipinski definition) is 4. The van der Waals surface area contributed by atoms with Crippen LogP contribution in [-0.4, -0.2) is 22.5 Å². The summed E-state index contributed by atoms with van der Waals surface area (Å²) in [5, 5.41) is 2.90. The van der Waals surface area contributed by atoms with Gasteiger partial charge < -0.3 is 10.1 Å². The zero-order valence-electron chi connectivity index (χ0n) is 13.1. The Hall–Kier alpha value is -2.69. The molecule has 2 aromatic rings. The fourth-order valence-corrected chi connectivity index (χ4v) is 2.72. The monoisotopic (exact) mass is 310 g/mol. The van der Waals surface area contributed by atoms with Crippen LogP contribution in [0.15, 0.2) is 48.8 Å². The largest absolute Gasteiger partial charge is 0.445 e. The van der Waals surface area contributed by atoms with E-state index in [4.69, 9.17) is 4.74 Å². The van der Waals surface area contributed by atoms with Gasteiger partial charge in [-0.1, -0.05) is 24.3 Å². The molecular formula is C18H18N2O3. The lowest BCUT2D eigenvalue weighted by Crippen LogP contribution is -2.52. The van der Waals surface area contributed by atoms with Crippen LogP contribution in [0.3, 0.4) is 0 Å². The van der Waals surface area contributed by atoms with E-state index in [0.29, 0.717) is 12.0 Å². The highest BCUT2D eigenvalue weighted by atomic mass is 16.6. The van der Waals surface area contributed by atoms with Crippen LogP contribution in [0.2, 0.25) is 0 Å². The molecule has 118 valence electrons. The number of cyclic esters (lactones) is 1. The third-order valence-electron chi connectivity index (χ3n) is 4.10. The number of nitrogens with zero attached hydrogens (tertiary/aromatic N) is 1. The lowest BCUT2D eigenvalue weighted by molar-refractivity contribution is -0.140. The van der Waals surface area contributed by atoms with Crippen molar-refractivity contribution in [2.75, 3.05) is 0 Å². The van der Waals surface area contributed by atoms with Crippen LogP contribution in [0, 0.1) is 0 Å². The normalized spacial score (nSPS) is 21.0. The number of benzene rings is 1. The number of nitrogens with one attached hydrogen (secondary N) is 1. The topological polar surface area (TPSA) is 68.3 Å². The molecule has 1 aromatic carbocycles. The summed E-state index contributed by atoms with van der Waals surface area (Å²) in [6.45, 7) is 3.52. The highest BCUT2D eigenvalue weighted by molar-refractivity contribution is 5.97. The molecule has 1 amide bonds. The number of pyridine rings is 1. The molecule has 1 aromatic heterocycles. The number of fused-ring (bicyclic) bond motifs is 1. The molecule has 23 heavy (non-hydrogen) atoms. The Kier molecular flexibility index (Phi) is 3.86. The Morgan fingerprint density at radius 3 is 2.83 bits per heavy atom. The molecule has 1 aliphatic rings. The third-order valence-corrected chi connectivity index (χ3v) is 4.10. The van der Waals surface area contributed by atoms with Gasteiger partial charge in [0.05, 0.1) is 11.6 Å². The van der Waals surface area contributed by atoms with Crippen LogP contribution in [0.5, 0.6) is 0 Å². The highest BCUT2D eigenvalue weighted by Gasteiger charge is 2.42. The molecule has 0 fully saturated rings. The van der Waals surface area contributed by atoms with Crippen LogP contribution >= 0.6 is 0 Å². The van der Waals surface area contributed by atoms with Gasteiger partial charge >= 0.3 is 5.97 Å². The second kappa shape index (κ2) is 5.83. The van der Waals surface area contributed by atoms with Crippen molar-refractivity contribution in [1.82, 2.24) is 10.3 Å². The molecule has 0 aliphatic carbocycles. The number of ether oxygens (including phenoxy) is 1. The smallest absolute Gasteiger partial charge is 0.339 e. The summed E-state index contributed by atoms with van der Waals surface area (Å²) in [6, 6.07) is 10.7. The first-order valence-corrected chi connectivity index (χ1v) is 7.52. The average molecular weight is 310 g/mol. The van der Waals surface area contributed by atoms with Gasteiger partial charge in [-0.2, -0.15) is 0 Å². The minimum atomic E-state index is -1.21. The molecule has 2 unspecified atom stereocenters. The van der Waals surface area contributed by atoms with E-state index in [-0.39, 0.29) is 11.9 Å². The Morgan fingerprint density at radius 2 is 2.09 bits per heavy atom. The van der Waals surface area contributed by atoms with Gasteiger partial charge in [0.1, 0.15) is 0 Å². The van der Waals surface area contributed by atoms with E-state index in [9.17, 15) is 9.59 Å². The highest BCUT2D eigenvalue weighted by Crippen LogP contribution is 2.29. The van der Waals surface area contributed by atoms with Crippen LogP contribution < -0.4 is 5.32 Å². The molecule has 5 nitrogen and oxygen atoms in total. The molecule has 1 N–H and O–H groups in total. The van der Waals surface area contributed by atoms with Gasteiger partial charge in [-0.15, -0.1) is 0 Å². The lowest BCUT2D eigenvalue weighted by atomic mass is 9.89. The molecule has 0 radical (unpaired) electrons. The number of carbonyl (C=O) groups excluding carboxylic acids is 2. The maximum atomic E-state index is 12.7. The average Bonchev–Trinajstić information content (AvgIpc) is 2.55. The first-order valence-electron chi connectivity index (χ1n) is 7.52. The van der Waals surface area contributed by atoms with E-state index in [2.05, 4.69) is 10.3 Å². The summed E-state index contributed by atoms with van der Waals surface area (Å²) in [5.74, 6) is -0.768. The maximum Gasteiger partial charge on any atom is 0.339 e. The summed E-state index contributed by atoms with van der Waals surface area (Å²) in [6.07, 6.45) is 3.75. The standard InChI is InChI=1S/C18H18N2O3/c1-12(14-7-5-9-19-11-14)20-17(22)18(2)10-13-6-3-4-8-15(13)16(21)23-18/h3-9,11-12H,10H2,1-2H3,(H,20,22). The summed E-state index contributed by atoms with van der Waals surface area (Å²) < 4.78 is 5.43. The Labute approximate surface area is 134 Å². The van der Waals surface area contributed by atoms with Crippen molar-refractivity contribution in [2.24, 2.45) is 0 Å². The number of hydrogen-bond donors (Lipinski definition) is 1. The van der Waals surface area contributed by atoms with Crippen molar-refractivity contribution in [3.05, 3.63) is 65.5 Å². The van der Waals surface area contributed by atoms with E-state index >= 15 is 0 Å². The molecule has 2 atom stereocenters. The quantitative estimate of drug-likeness (QED) is 0.884. The molecule has 0 saturated carbocycles. The van der Waals surface area contributed by atoms with Gasteiger partial charge in [0.15, 0.2) is 5.60 Å². The van der Waals surface area contributed by atoms with Gasteiger partial charge in [-0.25, -0.2) is 4.79 Å². The van der Waals surface area contributed by atoms with Gasteiger partial charge in [-0.3, -0.25) is 9.78 Å². The van der Waals surface area contributed by atoms with E-state index < -0.39 is 11.6 Å². The van der Waals surface area contributed by atoms with Crippen LogP contribution in [-0.2, 0) is 16.0 Å². The molecular weight excluding hydrogens is 292 g/mol. The Bertz CT molecular complexity index is 745. The van der Waals surface area contributed by atoms with Crippen molar-refractivity contribution < 1.29 is 14.3 Å². The molecule has 1 aliphatic heterocycles. The van der Waals surface area contributed by atoms with Crippen LogP contribution in [0.4, 0.5) is 0 Å². The number of carbonyl (C=O) groups is 2. The van der Waals surface area contributed by atoms with E-state index in [0.717, 1.165) is 11.1 Å². The van der Waals surface area contributed by atoms with Gasteiger partial charge in [0.2, 0.25) is 0 Å². The zero-order valence-corrected chi connectivity index (χ0v) is 13.1. The molecule has 5 heteroatoms. The van der Waals surface area contributed by atoms with Crippen molar-refractivity contribution in [3.63, 3.8) is 0 Å². The Balaban J connectivity index is 1.79. The summed E-state index contributed by atoms with van der Waals surface area (Å²) in [7, 11) is 0. The second-order valence-corrected chi connectivity index (χ2v) is 5.94. The minimum absolute atomic E-state index is 0.219. The number of aromatic nitrogens is 1. The van der Waals surface area contributed by atoms with Crippen molar-refractivity contribution >= 4 is 11.9 Å². The minimum Gasteiger partial charge on any atom is -0.445 e. The summed E-state index contributed by atoms with van der Waals surface area (Å²) in [4.78, 5) is 28.8. The Morgan fingerprint density at radius 1 is 1.30 bits per heavy atom. The maximum absolute atomic E-state index is 12.7. The fourth-order valence-electron chi connectivity index (χ4n) is 2.72. The van der Waals surface area contributed by atoms with Crippen molar-refractivity contribution in [2.45, 2.75) is 31.9 Å². The number of amides is 1. The third kappa shape index (κ3) is 2.95. The molecule has 0 spiro atoms. The number of rotatable bonds is 3. The summed E-state index contributed by atoms with van der Waals surface area (Å²) in [5.41, 5.74) is 1.04. The summed E-state index contributed by atoms with van der Waals surface area (Å²) >= 11 is 0. The zero-order chi connectivity index (χ0) is 16.4. The van der Waals surface area contributed by atoms with Crippen molar-refractivity contribution in [3.8, 4) is 0 Å². The van der Waals surface area contributed by atoms with Crippen molar-refractivity contribution in [1.29, 1.82) is 0 Å². The SMILES string of the molecule is CC(NC(=O)C1(C)Cc2ccccc2C(=O)O1)c1cccnc1. The van der Waals surface area contributed by atoms with E-state index in [1.807, 2.05) is 31.2 Å². The molecule has 3 rings (SSSR count). The predicted molar refractivity (Wildman–Crippen MR) is 84.8 cm³/mol. The van der Waals surface area contributed by atoms with E-state index in [1.165, 1.54) is 0 Å². The number of esters is 1. The first-order chi connectivity index (χ1) is 11.0. The predicted octanol–water partition coefficient (Wildman–Crippen LogP) is 2.43. The lowest BCUT2D eigenvalue weighted by Gasteiger charge is -2.34. The van der Waals surface area contributed by atoms with Crippen LogP contribution in [0.25, 0.3) is 0 Å².